The first-order valence-electron chi connectivity index (χ1n) is 2.61. The molecule has 0 aliphatic heterocycles. The summed E-state index contributed by atoms with van der Waals surface area (Å²) in [6.07, 6.45) is -4.65. The first-order valence-corrected chi connectivity index (χ1v) is 2.61. The summed E-state index contributed by atoms with van der Waals surface area (Å²) in [6, 6.07) is -1.49. The summed E-state index contributed by atoms with van der Waals surface area (Å²) >= 11 is 0. The largest absolute Gasteiger partial charge is 0.409 e. The van der Waals surface area contributed by atoms with Crippen molar-refractivity contribution < 1.29 is 27.6 Å². The molecule has 2 amide bonds. The van der Waals surface area contributed by atoms with Crippen LogP contribution in [0.15, 0.2) is 0 Å². The Labute approximate surface area is 64.8 Å². The van der Waals surface area contributed by atoms with Gasteiger partial charge in [-0.05, 0) is 0 Å². The van der Waals surface area contributed by atoms with E-state index < -0.39 is 18.8 Å². The van der Waals surface area contributed by atoms with Gasteiger partial charge in [-0.25, -0.2) is 4.79 Å². The molecule has 0 heterocycles. The molecule has 0 bridgehead atoms. The lowest BCUT2D eigenvalue weighted by Crippen LogP contribution is -2.41. The van der Waals surface area contributed by atoms with E-state index in [9.17, 15) is 22.8 Å². The van der Waals surface area contributed by atoms with E-state index >= 15 is 0 Å². The molecule has 0 radical (unpaired) electrons. The number of carbonyl (C=O) groups excluding carboxylic acids is 2. The van der Waals surface area contributed by atoms with E-state index in [0.717, 1.165) is 0 Å². The van der Waals surface area contributed by atoms with Crippen molar-refractivity contribution in [1.82, 2.24) is 5.06 Å². The topological polar surface area (TPSA) is 72.6 Å². The third-order valence-electron chi connectivity index (χ3n) is 0.739. The molecule has 0 rings (SSSR count). The number of primary amides is 1. The summed E-state index contributed by atoms with van der Waals surface area (Å²) in [6.45, 7) is -2.04. The molecule has 0 aliphatic rings. The van der Waals surface area contributed by atoms with Crippen molar-refractivity contribution >= 4 is 12.5 Å². The average molecular weight is 186 g/mol. The summed E-state index contributed by atoms with van der Waals surface area (Å²) in [7, 11) is 0. The quantitative estimate of drug-likeness (QED) is 0.498. The molecule has 0 unspecified atom stereocenters. The number of hydrogen-bond acceptors (Lipinski definition) is 3. The van der Waals surface area contributed by atoms with Gasteiger partial charge in [-0.15, -0.1) is 5.06 Å². The maximum Gasteiger partial charge on any atom is 0.409 e. The Balaban J connectivity index is 4.13. The van der Waals surface area contributed by atoms with Gasteiger partial charge in [0.1, 0.15) is 0 Å². The fraction of sp³-hybridized carbons (Fsp3) is 0.500. The molecule has 0 aromatic heterocycles. The van der Waals surface area contributed by atoms with Crippen molar-refractivity contribution in [3.05, 3.63) is 0 Å². The van der Waals surface area contributed by atoms with E-state index in [2.05, 4.69) is 10.6 Å². The summed E-state index contributed by atoms with van der Waals surface area (Å²) in [5.74, 6) is 0. The van der Waals surface area contributed by atoms with E-state index in [0.29, 0.717) is 0 Å². The standard InChI is InChI=1S/C4H5F3N2O3/c5-4(6,7)1-9(3(8)11)12-2-10/h2H,1H2,(H2,8,11). The first kappa shape index (κ1) is 10.5. The normalized spacial score (nSPS) is 10.6. The molecular weight excluding hydrogens is 181 g/mol. The maximum absolute atomic E-state index is 11.5. The third kappa shape index (κ3) is 4.36. The number of rotatable bonds is 3. The van der Waals surface area contributed by atoms with Crippen molar-refractivity contribution in [2.75, 3.05) is 6.54 Å². The molecule has 0 atom stereocenters. The van der Waals surface area contributed by atoms with Gasteiger partial charge < -0.3 is 10.6 Å². The van der Waals surface area contributed by atoms with Gasteiger partial charge >= 0.3 is 18.7 Å². The Morgan fingerprint density at radius 2 is 2.08 bits per heavy atom. The van der Waals surface area contributed by atoms with Gasteiger partial charge in [-0.1, -0.05) is 0 Å². The predicted molar refractivity (Wildman–Crippen MR) is 29.5 cm³/mol. The molecule has 0 fully saturated rings. The summed E-state index contributed by atoms with van der Waals surface area (Å²) < 4.78 is 34.6. The lowest BCUT2D eigenvalue weighted by atomic mass is 10.6. The molecule has 0 aromatic carbocycles. The van der Waals surface area contributed by atoms with Crippen LogP contribution >= 0.6 is 0 Å². The van der Waals surface area contributed by atoms with Gasteiger partial charge in [0.2, 0.25) is 0 Å². The number of nitrogens with zero attached hydrogens (tertiary/aromatic N) is 1. The second-order valence-corrected chi connectivity index (χ2v) is 1.69. The smallest absolute Gasteiger partial charge is 0.349 e. The Hall–Kier alpha value is -1.47. The predicted octanol–water partition coefficient (Wildman–Crippen LogP) is 0.0174. The highest BCUT2D eigenvalue weighted by Crippen LogP contribution is 2.15. The maximum atomic E-state index is 11.5. The number of amides is 2. The lowest BCUT2D eigenvalue weighted by Gasteiger charge is -2.17. The second-order valence-electron chi connectivity index (χ2n) is 1.69. The molecule has 0 aliphatic carbocycles. The Kier molecular flexibility index (Phi) is 3.32. The van der Waals surface area contributed by atoms with E-state index in [1.165, 1.54) is 0 Å². The van der Waals surface area contributed by atoms with Crippen LogP contribution in [0.4, 0.5) is 18.0 Å². The Morgan fingerprint density at radius 1 is 1.58 bits per heavy atom. The van der Waals surface area contributed by atoms with Gasteiger partial charge in [-0.2, -0.15) is 13.2 Å². The van der Waals surface area contributed by atoms with Crippen LogP contribution in [-0.4, -0.2) is 30.3 Å². The zero-order valence-corrected chi connectivity index (χ0v) is 5.67. The molecule has 70 valence electrons. The van der Waals surface area contributed by atoms with Gasteiger partial charge in [-0.3, -0.25) is 4.79 Å². The van der Waals surface area contributed by atoms with Crippen LogP contribution in [0, 0.1) is 0 Å². The highest BCUT2D eigenvalue weighted by molar-refractivity contribution is 5.71. The van der Waals surface area contributed by atoms with E-state index in [-0.39, 0.29) is 11.5 Å². The van der Waals surface area contributed by atoms with Crippen molar-refractivity contribution in [2.24, 2.45) is 5.73 Å². The van der Waals surface area contributed by atoms with E-state index in [1.54, 1.807) is 0 Å². The zero-order chi connectivity index (χ0) is 9.78. The number of nitrogens with two attached hydrogens (primary N) is 1. The van der Waals surface area contributed by atoms with Crippen molar-refractivity contribution in [2.45, 2.75) is 6.18 Å². The van der Waals surface area contributed by atoms with Crippen molar-refractivity contribution in [3.63, 3.8) is 0 Å². The molecule has 0 aromatic rings. The number of alkyl halides is 3. The van der Waals surface area contributed by atoms with E-state index in [4.69, 9.17) is 0 Å². The molecule has 8 heteroatoms. The van der Waals surface area contributed by atoms with Gasteiger partial charge in [0.05, 0.1) is 0 Å². The minimum atomic E-state index is -4.65. The Morgan fingerprint density at radius 3 is 2.33 bits per heavy atom. The number of urea groups is 1. The highest BCUT2D eigenvalue weighted by Gasteiger charge is 2.33. The SMILES string of the molecule is NC(=O)N(CC(F)(F)F)OC=O. The summed E-state index contributed by atoms with van der Waals surface area (Å²) in [4.78, 5) is 23.3. The van der Waals surface area contributed by atoms with Gasteiger partial charge in [0.15, 0.2) is 6.54 Å². The van der Waals surface area contributed by atoms with Crippen molar-refractivity contribution in [1.29, 1.82) is 0 Å². The Bertz CT molecular complexity index is 181. The first-order chi connectivity index (χ1) is 5.37. The summed E-state index contributed by atoms with van der Waals surface area (Å²) in [5.41, 5.74) is 4.43. The molecule has 0 saturated carbocycles. The fourth-order valence-electron chi connectivity index (χ4n) is 0.382. The van der Waals surface area contributed by atoms with Crippen LogP contribution in [0.25, 0.3) is 0 Å². The molecule has 12 heavy (non-hydrogen) atoms. The minimum Gasteiger partial charge on any atom is -0.349 e. The van der Waals surface area contributed by atoms with Crippen molar-refractivity contribution in [3.8, 4) is 0 Å². The number of carbonyl (C=O) groups is 2. The minimum absolute atomic E-state index is 0.299. The molecule has 0 saturated heterocycles. The average Bonchev–Trinajstić information content (AvgIpc) is 1.83. The lowest BCUT2D eigenvalue weighted by molar-refractivity contribution is -0.202. The molecular formula is C4H5F3N2O3. The third-order valence-corrected chi connectivity index (χ3v) is 0.739. The van der Waals surface area contributed by atoms with Crippen LogP contribution in [0.3, 0.4) is 0 Å². The monoisotopic (exact) mass is 186 g/mol. The summed E-state index contributed by atoms with van der Waals surface area (Å²) in [5, 5.41) is -0.299. The second kappa shape index (κ2) is 3.79. The van der Waals surface area contributed by atoms with Crippen LogP contribution in [-0.2, 0) is 9.63 Å². The zero-order valence-electron chi connectivity index (χ0n) is 5.67. The van der Waals surface area contributed by atoms with E-state index in [1.807, 2.05) is 0 Å². The molecule has 2 N–H and O–H groups in total. The van der Waals surface area contributed by atoms with Crippen LogP contribution in [0.5, 0.6) is 0 Å². The highest BCUT2D eigenvalue weighted by atomic mass is 19.4. The number of halogens is 3. The van der Waals surface area contributed by atoms with Crippen LogP contribution < -0.4 is 5.73 Å². The number of hydrogen-bond donors (Lipinski definition) is 1. The fourth-order valence-corrected chi connectivity index (χ4v) is 0.382. The number of hydroxylamine groups is 2. The molecule has 0 spiro atoms. The van der Waals surface area contributed by atoms with Gasteiger partial charge in [0.25, 0.3) is 0 Å². The van der Waals surface area contributed by atoms with Crippen LogP contribution in [0.2, 0.25) is 0 Å². The van der Waals surface area contributed by atoms with Crippen LogP contribution in [0.1, 0.15) is 0 Å². The van der Waals surface area contributed by atoms with Gasteiger partial charge in [0, 0.05) is 0 Å². The molecule has 5 nitrogen and oxygen atoms in total.